The van der Waals surface area contributed by atoms with Gasteiger partial charge in [0.15, 0.2) is 0 Å². The van der Waals surface area contributed by atoms with E-state index in [0.29, 0.717) is 5.92 Å². The number of aryl methyl sites for hydroxylation is 1. The molecule has 0 unspecified atom stereocenters. The van der Waals surface area contributed by atoms with Crippen molar-refractivity contribution < 1.29 is 4.74 Å². The molecule has 4 rings (SSSR count). The molecular weight excluding hydrogens is 302 g/mol. The lowest BCUT2D eigenvalue weighted by atomic mass is 9.90. The molecule has 1 N–H and O–H groups in total. The minimum absolute atomic E-state index is 0.572. The van der Waals surface area contributed by atoms with Gasteiger partial charge in [-0.2, -0.15) is 5.10 Å². The fraction of sp³-hybridized carbons (Fsp3) is 0.389. The van der Waals surface area contributed by atoms with Crippen molar-refractivity contribution in [2.75, 3.05) is 25.1 Å². The van der Waals surface area contributed by atoms with Crippen LogP contribution in [0.2, 0.25) is 0 Å². The lowest BCUT2D eigenvalue weighted by Gasteiger charge is -2.33. The van der Waals surface area contributed by atoms with Gasteiger partial charge in [0.2, 0.25) is 0 Å². The number of fused-ring (bicyclic) bond motifs is 1. The van der Waals surface area contributed by atoms with E-state index in [0.717, 1.165) is 48.4 Å². The molecule has 3 aromatic rings. The van der Waals surface area contributed by atoms with Gasteiger partial charge in [-0.05, 0) is 43.4 Å². The van der Waals surface area contributed by atoms with Crippen LogP contribution in [0.25, 0.3) is 10.9 Å². The third-order valence-electron chi connectivity index (χ3n) is 4.93. The summed E-state index contributed by atoms with van der Waals surface area (Å²) in [6.07, 6.45) is 5.82. The summed E-state index contributed by atoms with van der Waals surface area (Å²) in [5, 5.41) is 8.26. The Morgan fingerprint density at radius 3 is 2.75 bits per heavy atom. The Labute approximate surface area is 140 Å². The molecule has 2 aromatic heterocycles. The van der Waals surface area contributed by atoms with Crippen molar-refractivity contribution in [2.45, 2.75) is 25.7 Å². The van der Waals surface area contributed by atoms with E-state index >= 15 is 0 Å². The highest BCUT2D eigenvalue weighted by molar-refractivity contribution is 5.93. The molecule has 3 heterocycles. The van der Waals surface area contributed by atoms with Crippen molar-refractivity contribution in [1.29, 1.82) is 0 Å². The number of methoxy groups -OCH3 is 1. The second kappa shape index (κ2) is 6.11. The fourth-order valence-corrected chi connectivity index (χ4v) is 3.64. The molecule has 1 saturated heterocycles. The Bertz CT molecular complexity index is 851. The molecule has 0 radical (unpaired) electrons. The van der Waals surface area contributed by atoms with Crippen molar-refractivity contribution in [3.63, 3.8) is 0 Å². The van der Waals surface area contributed by atoms with Crippen LogP contribution in [0.1, 0.15) is 30.0 Å². The first-order valence-electron chi connectivity index (χ1n) is 8.30. The molecule has 1 aliphatic rings. The molecule has 0 saturated carbocycles. The third kappa shape index (κ3) is 2.48. The molecule has 0 aliphatic carbocycles. The van der Waals surface area contributed by atoms with E-state index in [4.69, 9.17) is 4.74 Å². The Hall–Kier alpha value is -2.63. The minimum atomic E-state index is 0.572. The molecule has 0 spiro atoms. The van der Waals surface area contributed by atoms with Crippen LogP contribution < -0.4 is 9.64 Å². The average molecular weight is 323 g/mol. The molecule has 0 bridgehead atoms. The zero-order valence-corrected chi connectivity index (χ0v) is 14.0. The van der Waals surface area contributed by atoms with Crippen LogP contribution in [0.3, 0.4) is 0 Å². The number of benzene rings is 1. The van der Waals surface area contributed by atoms with Crippen LogP contribution in [0.15, 0.2) is 30.7 Å². The van der Waals surface area contributed by atoms with E-state index in [1.54, 1.807) is 13.4 Å². The molecule has 0 atom stereocenters. The van der Waals surface area contributed by atoms with Gasteiger partial charge in [-0.15, -0.1) is 0 Å². The summed E-state index contributed by atoms with van der Waals surface area (Å²) in [4.78, 5) is 11.3. The molecule has 6 nitrogen and oxygen atoms in total. The van der Waals surface area contributed by atoms with Crippen LogP contribution in [0, 0.1) is 6.92 Å². The van der Waals surface area contributed by atoms with E-state index in [9.17, 15) is 0 Å². The van der Waals surface area contributed by atoms with E-state index in [-0.39, 0.29) is 0 Å². The molecule has 1 aromatic carbocycles. The summed E-state index contributed by atoms with van der Waals surface area (Å²) in [7, 11) is 1.68. The largest absolute Gasteiger partial charge is 0.494 e. The van der Waals surface area contributed by atoms with Crippen LogP contribution in [-0.4, -0.2) is 40.4 Å². The third-order valence-corrected chi connectivity index (χ3v) is 4.93. The molecular formula is C18H21N5O. The Kier molecular flexibility index (Phi) is 3.80. The summed E-state index contributed by atoms with van der Waals surface area (Å²) in [5.74, 6) is 2.36. The fourth-order valence-electron chi connectivity index (χ4n) is 3.64. The highest BCUT2D eigenvalue weighted by atomic mass is 16.5. The summed E-state index contributed by atoms with van der Waals surface area (Å²) in [6.45, 7) is 4.07. The number of hydrogen-bond donors (Lipinski definition) is 1. The Morgan fingerprint density at radius 2 is 2.04 bits per heavy atom. The average Bonchev–Trinajstić information content (AvgIpc) is 3.07. The predicted octanol–water partition coefficient (Wildman–Crippen LogP) is 3.05. The van der Waals surface area contributed by atoms with Gasteiger partial charge in [0, 0.05) is 24.2 Å². The van der Waals surface area contributed by atoms with Gasteiger partial charge in [0.05, 0.1) is 13.3 Å². The molecule has 1 fully saturated rings. The van der Waals surface area contributed by atoms with Crippen LogP contribution in [-0.2, 0) is 0 Å². The topological polar surface area (TPSA) is 66.9 Å². The van der Waals surface area contributed by atoms with Crippen molar-refractivity contribution in [2.24, 2.45) is 0 Å². The van der Waals surface area contributed by atoms with Gasteiger partial charge in [-0.25, -0.2) is 9.97 Å². The zero-order chi connectivity index (χ0) is 16.5. The number of para-hydroxylation sites is 1. The van der Waals surface area contributed by atoms with Gasteiger partial charge in [-0.1, -0.05) is 6.07 Å². The van der Waals surface area contributed by atoms with Crippen molar-refractivity contribution >= 4 is 16.7 Å². The Balaban J connectivity index is 1.60. The molecule has 24 heavy (non-hydrogen) atoms. The molecule has 1 aliphatic heterocycles. The highest BCUT2D eigenvalue weighted by Crippen LogP contribution is 2.34. The standard InChI is InChI=1S/C18H21N5O/c1-12-15(10-21-22-12)13-6-8-23(9-7-13)18-14-4-3-5-16(24-2)17(14)19-11-20-18/h3-5,10-11,13H,6-9H2,1-2H3,(H,21,22). The number of ether oxygens (including phenoxy) is 1. The van der Waals surface area contributed by atoms with Gasteiger partial charge in [-0.3, -0.25) is 5.10 Å². The molecule has 6 heteroatoms. The summed E-state index contributed by atoms with van der Waals surface area (Å²) in [5.41, 5.74) is 3.41. The maximum atomic E-state index is 5.43. The Morgan fingerprint density at radius 1 is 1.21 bits per heavy atom. The second-order valence-corrected chi connectivity index (χ2v) is 6.27. The van der Waals surface area contributed by atoms with Crippen LogP contribution in [0.5, 0.6) is 5.75 Å². The molecule has 124 valence electrons. The number of rotatable bonds is 3. The number of hydrogen-bond acceptors (Lipinski definition) is 5. The van der Waals surface area contributed by atoms with Crippen molar-refractivity contribution in [3.8, 4) is 5.75 Å². The van der Waals surface area contributed by atoms with Gasteiger partial charge < -0.3 is 9.64 Å². The van der Waals surface area contributed by atoms with Crippen molar-refractivity contribution in [3.05, 3.63) is 42.0 Å². The number of piperidine rings is 1. The first kappa shape index (κ1) is 14.9. The van der Waals surface area contributed by atoms with Gasteiger partial charge in [0.25, 0.3) is 0 Å². The number of aromatic nitrogens is 4. The van der Waals surface area contributed by atoms with E-state index in [1.807, 2.05) is 18.3 Å². The van der Waals surface area contributed by atoms with E-state index in [1.165, 1.54) is 11.3 Å². The van der Waals surface area contributed by atoms with Gasteiger partial charge >= 0.3 is 0 Å². The number of nitrogens with zero attached hydrogens (tertiary/aromatic N) is 4. The number of nitrogens with one attached hydrogen (secondary N) is 1. The first-order chi connectivity index (χ1) is 11.8. The minimum Gasteiger partial charge on any atom is -0.494 e. The lowest BCUT2D eigenvalue weighted by Crippen LogP contribution is -2.33. The SMILES string of the molecule is COc1cccc2c(N3CCC(c4cn[nH]c4C)CC3)ncnc12. The van der Waals surface area contributed by atoms with Gasteiger partial charge in [0.1, 0.15) is 23.4 Å². The predicted molar refractivity (Wildman–Crippen MR) is 93.6 cm³/mol. The van der Waals surface area contributed by atoms with Crippen LogP contribution >= 0.6 is 0 Å². The summed E-state index contributed by atoms with van der Waals surface area (Å²) >= 11 is 0. The number of anilines is 1. The number of H-pyrrole nitrogens is 1. The maximum absolute atomic E-state index is 5.43. The summed E-state index contributed by atoms with van der Waals surface area (Å²) in [6, 6.07) is 6.00. The van der Waals surface area contributed by atoms with Crippen molar-refractivity contribution in [1.82, 2.24) is 20.2 Å². The monoisotopic (exact) mass is 323 g/mol. The van der Waals surface area contributed by atoms with E-state index in [2.05, 4.69) is 38.1 Å². The second-order valence-electron chi connectivity index (χ2n) is 6.27. The van der Waals surface area contributed by atoms with Crippen LogP contribution in [0.4, 0.5) is 5.82 Å². The summed E-state index contributed by atoms with van der Waals surface area (Å²) < 4.78 is 5.43. The highest BCUT2D eigenvalue weighted by Gasteiger charge is 2.24. The first-order valence-corrected chi connectivity index (χ1v) is 8.30. The normalized spacial score (nSPS) is 15.8. The zero-order valence-electron chi connectivity index (χ0n) is 14.0. The van der Waals surface area contributed by atoms with E-state index < -0.39 is 0 Å². The maximum Gasteiger partial charge on any atom is 0.145 e. The quantitative estimate of drug-likeness (QED) is 0.802. The number of aromatic amines is 1. The lowest BCUT2D eigenvalue weighted by molar-refractivity contribution is 0.419. The molecule has 0 amide bonds. The smallest absolute Gasteiger partial charge is 0.145 e.